The van der Waals surface area contributed by atoms with Crippen molar-refractivity contribution in [2.45, 2.75) is 13.8 Å². The fourth-order valence-electron chi connectivity index (χ4n) is 2.75. The Balaban J connectivity index is 1.87. The lowest BCUT2D eigenvalue weighted by atomic mass is 10.1. The molecule has 0 saturated carbocycles. The molecule has 0 aromatic heterocycles. The Morgan fingerprint density at radius 2 is 1.41 bits per heavy atom. The normalized spacial score (nSPS) is 12.1. The molecular weight excluding hydrogens is 378 g/mol. The van der Waals surface area contributed by atoms with E-state index in [1.54, 1.807) is 32.0 Å². The van der Waals surface area contributed by atoms with Gasteiger partial charge in [0.1, 0.15) is 13.2 Å². The molecule has 8 heteroatoms. The lowest BCUT2D eigenvalue weighted by Gasteiger charge is -2.18. The van der Waals surface area contributed by atoms with Crippen molar-refractivity contribution in [3.05, 3.63) is 53.1 Å². The third-order valence-corrected chi connectivity index (χ3v) is 4.02. The minimum absolute atomic E-state index is 0.134. The maximum absolute atomic E-state index is 12.7. The fourth-order valence-corrected chi connectivity index (χ4v) is 2.75. The maximum atomic E-state index is 12.7. The summed E-state index contributed by atoms with van der Waals surface area (Å²) in [6.07, 6.45) is 0. The summed E-state index contributed by atoms with van der Waals surface area (Å²) >= 11 is 0. The van der Waals surface area contributed by atoms with E-state index in [0.717, 1.165) is 0 Å². The van der Waals surface area contributed by atoms with Crippen LogP contribution in [0.15, 0.2) is 36.4 Å². The number of anilines is 1. The number of carbonyl (C=O) groups is 3. The molecule has 0 atom stereocenters. The van der Waals surface area contributed by atoms with E-state index in [4.69, 9.17) is 18.9 Å². The highest BCUT2D eigenvalue weighted by molar-refractivity contribution is 6.06. The second kappa shape index (κ2) is 9.09. The average Bonchev–Trinajstić information content (AvgIpc) is 2.73. The van der Waals surface area contributed by atoms with Crippen molar-refractivity contribution in [2.75, 3.05) is 31.7 Å². The van der Waals surface area contributed by atoms with Crippen LogP contribution in [0.5, 0.6) is 11.5 Å². The predicted octanol–water partition coefficient (Wildman–Crippen LogP) is 3.06. The first-order chi connectivity index (χ1) is 14.0. The number of hydrogen-bond donors (Lipinski definition) is 1. The molecule has 0 unspecified atom stereocenters. The molecule has 2 aromatic carbocycles. The van der Waals surface area contributed by atoms with Crippen molar-refractivity contribution in [1.82, 2.24) is 0 Å². The van der Waals surface area contributed by atoms with Crippen LogP contribution in [0.4, 0.5) is 5.69 Å². The van der Waals surface area contributed by atoms with Gasteiger partial charge in [-0.15, -0.1) is 0 Å². The summed E-state index contributed by atoms with van der Waals surface area (Å²) in [5, 5.41) is 2.69. The topological polar surface area (TPSA) is 100 Å². The number of amides is 1. The highest BCUT2D eigenvalue weighted by atomic mass is 16.6. The molecular formula is C21H21NO7. The maximum Gasteiger partial charge on any atom is 0.338 e. The third kappa shape index (κ3) is 4.84. The molecule has 1 heterocycles. The molecule has 29 heavy (non-hydrogen) atoms. The summed E-state index contributed by atoms with van der Waals surface area (Å²) in [6.45, 7) is 4.58. The molecule has 0 radical (unpaired) electrons. The first kappa shape index (κ1) is 20.2. The molecule has 0 fully saturated rings. The molecule has 1 amide bonds. The lowest BCUT2D eigenvalue weighted by molar-refractivity contribution is 0.0525. The van der Waals surface area contributed by atoms with Gasteiger partial charge in [0.2, 0.25) is 0 Å². The first-order valence-electron chi connectivity index (χ1n) is 9.22. The van der Waals surface area contributed by atoms with E-state index in [1.165, 1.54) is 18.2 Å². The lowest BCUT2D eigenvalue weighted by Crippen LogP contribution is -2.17. The van der Waals surface area contributed by atoms with Crippen molar-refractivity contribution < 1.29 is 33.3 Å². The van der Waals surface area contributed by atoms with Gasteiger partial charge < -0.3 is 24.3 Å². The summed E-state index contributed by atoms with van der Waals surface area (Å²) in [5.74, 6) is -0.585. The first-order valence-corrected chi connectivity index (χ1v) is 9.22. The van der Waals surface area contributed by atoms with Crippen molar-refractivity contribution >= 4 is 23.5 Å². The number of carbonyl (C=O) groups excluding carboxylic acids is 3. The van der Waals surface area contributed by atoms with E-state index in [2.05, 4.69) is 5.32 Å². The Morgan fingerprint density at radius 3 is 2.00 bits per heavy atom. The minimum atomic E-state index is -0.603. The van der Waals surface area contributed by atoms with Crippen LogP contribution >= 0.6 is 0 Å². The summed E-state index contributed by atoms with van der Waals surface area (Å²) in [4.78, 5) is 36.9. The molecule has 2 aromatic rings. The van der Waals surface area contributed by atoms with Gasteiger partial charge in [0.25, 0.3) is 5.91 Å². The molecule has 0 aliphatic carbocycles. The second-order valence-electron chi connectivity index (χ2n) is 6.05. The Morgan fingerprint density at radius 1 is 0.828 bits per heavy atom. The number of rotatable bonds is 6. The van der Waals surface area contributed by atoms with E-state index in [-0.39, 0.29) is 30.0 Å². The summed E-state index contributed by atoms with van der Waals surface area (Å²) in [7, 11) is 0. The summed E-state index contributed by atoms with van der Waals surface area (Å²) < 4.78 is 20.9. The second-order valence-corrected chi connectivity index (χ2v) is 6.05. The van der Waals surface area contributed by atoms with E-state index in [0.29, 0.717) is 30.3 Å². The van der Waals surface area contributed by atoms with Crippen molar-refractivity contribution in [3.8, 4) is 11.5 Å². The molecule has 1 aliphatic heterocycles. The SMILES string of the molecule is CCOC(=O)c1cc(NC(=O)c2ccc3c(c2)OCCO3)cc(C(=O)OCC)c1. The summed E-state index contributed by atoms with van der Waals surface area (Å²) in [6, 6.07) is 9.08. The third-order valence-electron chi connectivity index (χ3n) is 4.02. The van der Waals surface area contributed by atoms with Gasteiger partial charge in [0, 0.05) is 11.3 Å². The van der Waals surface area contributed by atoms with Gasteiger partial charge in [-0.1, -0.05) is 0 Å². The number of hydrogen-bond acceptors (Lipinski definition) is 7. The predicted molar refractivity (Wildman–Crippen MR) is 104 cm³/mol. The zero-order valence-electron chi connectivity index (χ0n) is 16.2. The van der Waals surface area contributed by atoms with Crippen molar-refractivity contribution in [3.63, 3.8) is 0 Å². The van der Waals surface area contributed by atoms with Gasteiger partial charge in [-0.3, -0.25) is 4.79 Å². The molecule has 8 nitrogen and oxygen atoms in total. The smallest absolute Gasteiger partial charge is 0.338 e. The quantitative estimate of drug-likeness (QED) is 0.745. The van der Waals surface area contributed by atoms with Crippen LogP contribution in [0.1, 0.15) is 44.9 Å². The highest BCUT2D eigenvalue weighted by Crippen LogP contribution is 2.31. The number of fused-ring (bicyclic) bond motifs is 1. The average molecular weight is 399 g/mol. The van der Waals surface area contributed by atoms with E-state index in [1.807, 2.05) is 0 Å². The zero-order valence-corrected chi connectivity index (χ0v) is 16.2. The zero-order chi connectivity index (χ0) is 20.8. The van der Waals surface area contributed by atoms with Gasteiger partial charge in [0.05, 0.1) is 24.3 Å². The number of ether oxygens (including phenoxy) is 4. The molecule has 3 rings (SSSR count). The molecule has 1 aliphatic rings. The van der Waals surface area contributed by atoms with Gasteiger partial charge in [-0.2, -0.15) is 0 Å². The monoisotopic (exact) mass is 399 g/mol. The van der Waals surface area contributed by atoms with Crippen LogP contribution in [0, 0.1) is 0 Å². The Bertz CT molecular complexity index is 902. The van der Waals surface area contributed by atoms with Gasteiger partial charge in [-0.05, 0) is 50.2 Å². The van der Waals surface area contributed by atoms with E-state index >= 15 is 0 Å². The van der Waals surface area contributed by atoms with Gasteiger partial charge in [-0.25, -0.2) is 9.59 Å². The van der Waals surface area contributed by atoms with Crippen LogP contribution in [-0.4, -0.2) is 44.3 Å². The molecule has 152 valence electrons. The summed E-state index contributed by atoms with van der Waals surface area (Å²) in [5.41, 5.74) is 0.872. The van der Waals surface area contributed by atoms with Crippen LogP contribution in [-0.2, 0) is 9.47 Å². The number of esters is 2. The highest BCUT2D eigenvalue weighted by Gasteiger charge is 2.18. The van der Waals surface area contributed by atoms with Gasteiger partial charge >= 0.3 is 11.9 Å². The van der Waals surface area contributed by atoms with Crippen LogP contribution in [0.2, 0.25) is 0 Å². The largest absolute Gasteiger partial charge is 0.486 e. The fraction of sp³-hybridized carbons (Fsp3) is 0.286. The van der Waals surface area contributed by atoms with Crippen LogP contribution < -0.4 is 14.8 Å². The van der Waals surface area contributed by atoms with Crippen molar-refractivity contribution in [1.29, 1.82) is 0 Å². The van der Waals surface area contributed by atoms with Crippen LogP contribution in [0.25, 0.3) is 0 Å². The number of nitrogens with one attached hydrogen (secondary N) is 1. The Kier molecular flexibility index (Phi) is 6.33. The molecule has 0 saturated heterocycles. The van der Waals surface area contributed by atoms with E-state index < -0.39 is 17.8 Å². The van der Waals surface area contributed by atoms with Gasteiger partial charge in [0.15, 0.2) is 11.5 Å². The molecule has 0 bridgehead atoms. The number of benzene rings is 2. The standard InChI is InChI=1S/C21H21NO7/c1-3-26-20(24)14-9-15(21(25)27-4-2)11-16(10-14)22-19(23)13-5-6-17-18(12-13)29-8-7-28-17/h5-6,9-12H,3-4,7-8H2,1-2H3,(H,22,23). The van der Waals surface area contributed by atoms with E-state index in [9.17, 15) is 14.4 Å². The Hall–Kier alpha value is -3.55. The van der Waals surface area contributed by atoms with Crippen LogP contribution in [0.3, 0.4) is 0 Å². The Labute approximate surface area is 167 Å². The molecule has 0 spiro atoms. The minimum Gasteiger partial charge on any atom is -0.486 e. The van der Waals surface area contributed by atoms with Crippen molar-refractivity contribution in [2.24, 2.45) is 0 Å². The molecule has 1 N–H and O–H groups in total.